The van der Waals surface area contributed by atoms with E-state index in [1.54, 1.807) is 0 Å². The minimum atomic E-state index is 0.460. The topological polar surface area (TPSA) is 44.5 Å². The van der Waals surface area contributed by atoms with Crippen molar-refractivity contribution in [2.75, 3.05) is 13.2 Å². The fourth-order valence-corrected chi connectivity index (χ4v) is 2.33. The monoisotopic (exact) mass is 249 g/mol. The highest BCUT2D eigenvalue weighted by Crippen LogP contribution is 2.20. The number of rotatable bonds is 6. The van der Waals surface area contributed by atoms with Crippen LogP contribution in [0.15, 0.2) is 24.3 Å². The number of ether oxygens (including phenoxy) is 2. The molecule has 0 atom stereocenters. The van der Waals surface area contributed by atoms with E-state index in [-0.39, 0.29) is 0 Å². The first-order valence-corrected chi connectivity index (χ1v) is 6.92. The first kappa shape index (κ1) is 13.4. The number of hydrogen-bond donors (Lipinski definition) is 1. The van der Waals surface area contributed by atoms with Crippen LogP contribution >= 0.6 is 0 Å². The van der Waals surface area contributed by atoms with E-state index in [1.807, 2.05) is 24.3 Å². The lowest BCUT2D eigenvalue weighted by Gasteiger charge is -2.21. The molecule has 3 heteroatoms. The molecule has 1 fully saturated rings. The van der Waals surface area contributed by atoms with Crippen LogP contribution in [0.3, 0.4) is 0 Å². The Morgan fingerprint density at radius 3 is 2.39 bits per heavy atom. The van der Waals surface area contributed by atoms with Crippen LogP contribution in [0.25, 0.3) is 0 Å². The van der Waals surface area contributed by atoms with Crippen molar-refractivity contribution in [3.05, 3.63) is 29.8 Å². The Morgan fingerprint density at radius 1 is 1.00 bits per heavy atom. The Balaban J connectivity index is 1.62. The van der Waals surface area contributed by atoms with Gasteiger partial charge in [-0.25, -0.2) is 0 Å². The highest BCUT2D eigenvalue weighted by Gasteiger charge is 2.13. The number of hydrogen-bond acceptors (Lipinski definition) is 3. The standard InChI is InChI=1S/C15H23NO2/c16-12-13-6-8-15(9-7-13)18-11-10-17-14-4-2-1-3-5-14/h6-9,14H,1-5,10-12,16H2. The van der Waals surface area contributed by atoms with Crippen molar-refractivity contribution in [1.29, 1.82) is 0 Å². The molecule has 2 N–H and O–H groups in total. The summed E-state index contributed by atoms with van der Waals surface area (Å²) in [6, 6.07) is 7.92. The summed E-state index contributed by atoms with van der Waals surface area (Å²) in [5.41, 5.74) is 6.67. The second kappa shape index (κ2) is 7.39. The second-order valence-corrected chi connectivity index (χ2v) is 4.83. The lowest BCUT2D eigenvalue weighted by atomic mass is 9.98. The molecule has 1 aliphatic rings. The normalized spacial score (nSPS) is 16.7. The van der Waals surface area contributed by atoms with E-state index in [4.69, 9.17) is 15.2 Å². The second-order valence-electron chi connectivity index (χ2n) is 4.83. The molecule has 1 aliphatic carbocycles. The Bertz CT molecular complexity index is 331. The van der Waals surface area contributed by atoms with Crippen LogP contribution < -0.4 is 10.5 Å². The molecule has 1 aromatic carbocycles. The van der Waals surface area contributed by atoms with Gasteiger partial charge in [-0.3, -0.25) is 0 Å². The van der Waals surface area contributed by atoms with E-state index in [1.165, 1.54) is 32.1 Å². The summed E-state index contributed by atoms with van der Waals surface area (Å²) in [7, 11) is 0. The van der Waals surface area contributed by atoms with Gasteiger partial charge in [-0.15, -0.1) is 0 Å². The summed E-state index contributed by atoms with van der Waals surface area (Å²) in [5, 5.41) is 0. The minimum Gasteiger partial charge on any atom is -0.491 e. The van der Waals surface area contributed by atoms with Crippen LogP contribution in [0, 0.1) is 0 Å². The van der Waals surface area contributed by atoms with Gasteiger partial charge >= 0.3 is 0 Å². The Labute approximate surface area is 109 Å². The van der Waals surface area contributed by atoms with E-state index in [0.29, 0.717) is 25.9 Å². The Kier molecular flexibility index (Phi) is 5.49. The van der Waals surface area contributed by atoms with Gasteiger partial charge in [-0.1, -0.05) is 31.4 Å². The number of nitrogens with two attached hydrogens (primary N) is 1. The van der Waals surface area contributed by atoms with Crippen LogP contribution in [0.5, 0.6) is 5.75 Å². The zero-order chi connectivity index (χ0) is 12.6. The van der Waals surface area contributed by atoms with Crippen LogP contribution in [-0.2, 0) is 11.3 Å². The molecule has 0 aliphatic heterocycles. The maximum atomic E-state index is 5.80. The molecule has 0 bridgehead atoms. The summed E-state index contributed by atoms with van der Waals surface area (Å²) >= 11 is 0. The third-order valence-corrected chi connectivity index (χ3v) is 3.42. The molecule has 2 rings (SSSR count). The summed E-state index contributed by atoms with van der Waals surface area (Å²) in [6.45, 7) is 1.88. The summed E-state index contributed by atoms with van der Waals surface area (Å²) in [4.78, 5) is 0. The fourth-order valence-electron chi connectivity index (χ4n) is 2.33. The third-order valence-electron chi connectivity index (χ3n) is 3.42. The van der Waals surface area contributed by atoms with Crippen molar-refractivity contribution in [3.8, 4) is 5.75 Å². The lowest BCUT2D eigenvalue weighted by molar-refractivity contribution is 0.0129. The van der Waals surface area contributed by atoms with Crippen molar-refractivity contribution in [3.63, 3.8) is 0 Å². The van der Waals surface area contributed by atoms with E-state index in [2.05, 4.69) is 0 Å². The Morgan fingerprint density at radius 2 is 1.72 bits per heavy atom. The molecular weight excluding hydrogens is 226 g/mol. The maximum Gasteiger partial charge on any atom is 0.119 e. The van der Waals surface area contributed by atoms with Crippen molar-refractivity contribution < 1.29 is 9.47 Å². The average molecular weight is 249 g/mol. The van der Waals surface area contributed by atoms with Gasteiger partial charge in [0.2, 0.25) is 0 Å². The molecule has 100 valence electrons. The number of benzene rings is 1. The minimum absolute atomic E-state index is 0.460. The van der Waals surface area contributed by atoms with Gasteiger partial charge in [-0.05, 0) is 30.5 Å². The molecule has 0 amide bonds. The van der Waals surface area contributed by atoms with E-state index >= 15 is 0 Å². The Hall–Kier alpha value is -1.06. The maximum absolute atomic E-state index is 5.80. The van der Waals surface area contributed by atoms with Gasteiger partial charge < -0.3 is 15.2 Å². The van der Waals surface area contributed by atoms with Crippen LogP contribution in [-0.4, -0.2) is 19.3 Å². The van der Waals surface area contributed by atoms with Gasteiger partial charge in [0.1, 0.15) is 12.4 Å². The zero-order valence-electron chi connectivity index (χ0n) is 10.9. The van der Waals surface area contributed by atoms with E-state index in [0.717, 1.165) is 11.3 Å². The molecule has 0 unspecified atom stereocenters. The predicted molar refractivity (Wildman–Crippen MR) is 72.7 cm³/mol. The SMILES string of the molecule is NCc1ccc(OCCOC2CCCCC2)cc1. The zero-order valence-corrected chi connectivity index (χ0v) is 10.9. The average Bonchev–Trinajstić information content (AvgIpc) is 2.45. The van der Waals surface area contributed by atoms with Crippen LogP contribution in [0.4, 0.5) is 0 Å². The van der Waals surface area contributed by atoms with Crippen molar-refractivity contribution in [2.24, 2.45) is 5.73 Å². The smallest absolute Gasteiger partial charge is 0.119 e. The van der Waals surface area contributed by atoms with Gasteiger partial charge in [0, 0.05) is 6.54 Å². The largest absolute Gasteiger partial charge is 0.491 e. The van der Waals surface area contributed by atoms with E-state index in [9.17, 15) is 0 Å². The summed E-state index contributed by atoms with van der Waals surface area (Å²) in [6.07, 6.45) is 6.88. The van der Waals surface area contributed by atoms with Gasteiger partial charge in [0.25, 0.3) is 0 Å². The predicted octanol–water partition coefficient (Wildman–Crippen LogP) is 2.87. The summed E-state index contributed by atoms with van der Waals surface area (Å²) < 4.78 is 11.4. The molecule has 0 spiro atoms. The molecule has 1 aromatic rings. The van der Waals surface area contributed by atoms with Crippen LogP contribution in [0.2, 0.25) is 0 Å². The molecule has 0 saturated heterocycles. The molecule has 0 heterocycles. The highest BCUT2D eigenvalue weighted by atomic mass is 16.5. The van der Waals surface area contributed by atoms with Gasteiger partial charge in [0.15, 0.2) is 0 Å². The first-order valence-electron chi connectivity index (χ1n) is 6.92. The van der Waals surface area contributed by atoms with Crippen molar-refractivity contribution >= 4 is 0 Å². The summed E-state index contributed by atoms with van der Waals surface area (Å²) in [5.74, 6) is 0.888. The first-order chi connectivity index (χ1) is 8.88. The highest BCUT2D eigenvalue weighted by molar-refractivity contribution is 5.26. The fraction of sp³-hybridized carbons (Fsp3) is 0.600. The van der Waals surface area contributed by atoms with Gasteiger partial charge in [-0.2, -0.15) is 0 Å². The molecule has 0 aromatic heterocycles. The third kappa shape index (κ3) is 4.31. The van der Waals surface area contributed by atoms with Crippen molar-refractivity contribution in [1.82, 2.24) is 0 Å². The molecule has 0 radical (unpaired) electrons. The van der Waals surface area contributed by atoms with Crippen molar-refractivity contribution in [2.45, 2.75) is 44.8 Å². The molecule has 3 nitrogen and oxygen atoms in total. The van der Waals surface area contributed by atoms with Crippen LogP contribution in [0.1, 0.15) is 37.7 Å². The molecule has 1 saturated carbocycles. The molecular formula is C15H23NO2. The van der Waals surface area contributed by atoms with Gasteiger partial charge in [0.05, 0.1) is 12.7 Å². The quantitative estimate of drug-likeness (QED) is 0.788. The molecule has 18 heavy (non-hydrogen) atoms. The van der Waals surface area contributed by atoms with E-state index < -0.39 is 0 Å². The lowest BCUT2D eigenvalue weighted by Crippen LogP contribution is -2.19.